The first-order valence-electron chi connectivity index (χ1n) is 8.14. The minimum atomic E-state index is -1.15. The molecule has 0 atom stereocenters. The van der Waals surface area contributed by atoms with Crippen LogP contribution in [0, 0.1) is 11.6 Å². The zero-order chi connectivity index (χ0) is 21.1. The molecular formula is C20H12Cl2F2N2O3. The minimum absolute atomic E-state index is 0.0884. The highest BCUT2D eigenvalue weighted by atomic mass is 35.5. The van der Waals surface area contributed by atoms with Gasteiger partial charge in [0.25, 0.3) is 0 Å². The molecule has 148 valence electrons. The number of carbonyl (C=O) groups is 2. The molecule has 0 aliphatic carbocycles. The fourth-order valence-corrected chi connectivity index (χ4v) is 2.92. The van der Waals surface area contributed by atoms with Gasteiger partial charge in [-0.2, -0.15) is 0 Å². The van der Waals surface area contributed by atoms with Crippen LogP contribution >= 0.6 is 23.2 Å². The van der Waals surface area contributed by atoms with Gasteiger partial charge in [-0.1, -0.05) is 53.5 Å². The maximum absolute atomic E-state index is 14.6. The fourth-order valence-electron chi connectivity index (χ4n) is 2.53. The molecular weight excluding hydrogens is 425 g/mol. The van der Waals surface area contributed by atoms with E-state index in [9.17, 15) is 18.4 Å². The Morgan fingerprint density at radius 2 is 1.79 bits per heavy atom. The number of benzene rings is 2. The van der Waals surface area contributed by atoms with Crippen LogP contribution in [-0.2, 0) is 11.3 Å². The van der Waals surface area contributed by atoms with Crippen LogP contribution in [0.3, 0.4) is 0 Å². The molecule has 1 heterocycles. The van der Waals surface area contributed by atoms with Gasteiger partial charge in [0.15, 0.2) is 17.8 Å². The Morgan fingerprint density at radius 3 is 2.45 bits per heavy atom. The number of rotatable bonds is 5. The SMILES string of the molecule is Nc1c(F)c(-c2ccc(Cl)c(C=O)c2F)nc(C(=O)OCc2ccccc2)c1Cl. The number of anilines is 1. The minimum Gasteiger partial charge on any atom is -0.456 e. The van der Waals surface area contributed by atoms with Gasteiger partial charge in [0.2, 0.25) is 0 Å². The molecule has 0 aliphatic rings. The van der Waals surface area contributed by atoms with Crippen LogP contribution in [0.2, 0.25) is 10.0 Å². The molecule has 0 unspecified atom stereocenters. The van der Waals surface area contributed by atoms with Crippen molar-refractivity contribution >= 4 is 41.1 Å². The first-order chi connectivity index (χ1) is 13.8. The van der Waals surface area contributed by atoms with Gasteiger partial charge in [-0.15, -0.1) is 0 Å². The quantitative estimate of drug-likeness (QED) is 0.445. The molecule has 3 rings (SSSR count). The Hall–Kier alpha value is -3.03. The smallest absolute Gasteiger partial charge is 0.358 e. The molecule has 0 spiro atoms. The molecule has 0 aliphatic heterocycles. The molecule has 5 nitrogen and oxygen atoms in total. The van der Waals surface area contributed by atoms with Crippen molar-refractivity contribution < 1.29 is 23.1 Å². The maximum atomic E-state index is 14.6. The molecule has 9 heteroatoms. The topological polar surface area (TPSA) is 82.3 Å². The van der Waals surface area contributed by atoms with Crippen molar-refractivity contribution in [2.75, 3.05) is 5.73 Å². The van der Waals surface area contributed by atoms with E-state index in [2.05, 4.69) is 4.98 Å². The summed E-state index contributed by atoms with van der Waals surface area (Å²) in [5, 5.41) is -0.625. The van der Waals surface area contributed by atoms with Crippen molar-refractivity contribution in [3.8, 4) is 11.3 Å². The molecule has 0 amide bonds. The van der Waals surface area contributed by atoms with Gasteiger partial charge in [0, 0.05) is 5.56 Å². The van der Waals surface area contributed by atoms with Gasteiger partial charge in [-0.25, -0.2) is 18.6 Å². The number of nitrogens with two attached hydrogens (primary N) is 1. The number of carbonyl (C=O) groups excluding carboxylic acids is 2. The van der Waals surface area contributed by atoms with Gasteiger partial charge in [-0.05, 0) is 17.7 Å². The Balaban J connectivity index is 2.04. The number of halogens is 4. The van der Waals surface area contributed by atoms with E-state index in [1.165, 1.54) is 6.07 Å². The summed E-state index contributed by atoms with van der Waals surface area (Å²) in [6.45, 7) is -0.0884. The van der Waals surface area contributed by atoms with Gasteiger partial charge in [0.1, 0.15) is 18.1 Å². The van der Waals surface area contributed by atoms with Crippen LogP contribution in [-0.4, -0.2) is 17.2 Å². The number of aldehydes is 1. The summed E-state index contributed by atoms with van der Waals surface area (Å²) in [4.78, 5) is 27.3. The first kappa shape index (κ1) is 20.7. The summed E-state index contributed by atoms with van der Waals surface area (Å²) in [5.41, 5.74) is 3.76. The highest BCUT2D eigenvalue weighted by molar-refractivity contribution is 6.36. The summed E-state index contributed by atoms with van der Waals surface area (Å²) in [7, 11) is 0. The van der Waals surface area contributed by atoms with Gasteiger partial charge in [0.05, 0.1) is 21.3 Å². The van der Waals surface area contributed by atoms with Gasteiger partial charge in [-0.3, -0.25) is 4.79 Å². The lowest BCUT2D eigenvalue weighted by atomic mass is 10.1. The predicted octanol–water partition coefficient (Wildman–Crippen LogP) is 5.09. The Morgan fingerprint density at radius 1 is 1.10 bits per heavy atom. The van der Waals surface area contributed by atoms with E-state index >= 15 is 0 Å². The second-order valence-corrected chi connectivity index (χ2v) is 6.64. The predicted molar refractivity (Wildman–Crippen MR) is 105 cm³/mol. The Bertz CT molecular complexity index is 1110. The summed E-state index contributed by atoms with van der Waals surface area (Å²) in [6, 6.07) is 11.1. The normalized spacial score (nSPS) is 10.6. The second-order valence-electron chi connectivity index (χ2n) is 5.85. The van der Waals surface area contributed by atoms with Crippen molar-refractivity contribution in [3.63, 3.8) is 0 Å². The van der Waals surface area contributed by atoms with Crippen LogP contribution in [0.1, 0.15) is 26.4 Å². The highest BCUT2D eigenvalue weighted by Gasteiger charge is 2.26. The number of nitrogens with zero attached hydrogens (tertiary/aromatic N) is 1. The lowest BCUT2D eigenvalue weighted by Crippen LogP contribution is -2.12. The molecule has 0 radical (unpaired) electrons. The standard InChI is InChI=1S/C20H12Cl2F2N2O3/c21-13-7-6-11(15(23)12(13)8-27)18-16(24)17(25)14(22)19(26-18)20(28)29-9-10-4-2-1-3-5-10/h1-8H,9H2,(H2,25,26). The van der Waals surface area contributed by atoms with Crippen molar-refractivity contribution in [2.24, 2.45) is 0 Å². The van der Waals surface area contributed by atoms with Crippen molar-refractivity contribution in [2.45, 2.75) is 6.61 Å². The number of ether oxygens (including phenoxy) is 1. The number of aromatic nitrogens is 1. The van der Waals surface area contributed by atoms with E-state index in [1.54, 1.807) is 30.3 Å². The van der Waals surface area contributed by atoms with E-state index in [1.807, 2.05) is 0 Å². The molecule has 0 saturated heterocycles. The Labute approximate surface area is 174 Å². The van der Waals surface area contributed by atoms with Crippen LogP contribution in [0.15, 0.2) is 42.5 Å². The molecule has 3 aromatic rings. The van der Waals surface area contributed by atoms with E-state index < -0.39 is 50.8 Å². The molecule has 2 aromatic carbocycles. The van der Waals surface area contributed by atoms with Gasteiger partial charge < -0.3 is 10.5 Å². The third-order valence-electron chi connectivity index (χ3n) is 4.02. The van der Waals surface area contributed by atoms with Crippen LogP contribution in [0.4, 0.5) is 14.5 Å². The number of pyridine rings is 1. The number of hydrogen-bond acceptors (Lipinski definition) is 5. The van der Waals surface area contributed by atoms with Crippen LogP contribution < -0.4 is 5.73 Å². The van der Waals surface area contributed by atoms with E-state index in [-0.39, 0.29) is 17.9 Å². The van der Waals surface area contributed by atoms with Crippen LogP contribution in [0.25, 0.3) is 11.3 Å². The summed E-state index contributed by atoms with van der Waals surface area (Å²) >= 11 is 11.7. The van der Waals surface area contributed by atoms with Gasteiger partial charge >= 0.3 is 5.97 Å². The largest absolute Gasteiger partial charge is 0.456 e. The number of nitrogen functional groups attached to an aromatic ring is 1. The van der Waals surface area contributed by atoms with E-state index in [4.69, 9.17) is 33.7 Å². The lowest BCUT2D eigenvalue weighted by Gasteiger charge is -2.13. The highest BCUT2D eigenvalue weighted by Crippen LogP contribution is 2.35. The molecule has 29 heavy (non-hydrogen) atoms. The van der Waals surface area contributed by atoms with Crippen molar-refractivity contribution in [1.82, 2.24) is 4.98 Å². The average Bonchev–Trinajstić information content (AvgIpc) is 2.72. The molecule has 0 saturated carbocycles. The first-order valence-corrected chi connectivity index (χ1v) is 8.89. The summed E-state index contributed by atoms with van der Waals surface area (Å²) in [6.07, 6.45) is 0.188. The number of esters is 1. The maximum Gasteiger partial charge on any atom is 0.358 e. The number of hydrogen-bond donors (Lipinski definition) is 1. The van der Waals surface area contributed by atoms with Crippen molar-refractivity contribution in [3.05, 3.63) is 81.0 Å². The zero-order valence-corrected chi connectivity index (χ0v) is 16.1. The molecule has 1 aromatic heterocycles. The third kappa shape index (κ3) is 4.06. The average molecular weight is 437 g/mol. The van der Waals surface area contributed by atoms with Crippen LogP contribution in [0.5, 0.6) is 0 Å². The summed E-state index contributed by atoms with van der Waals surface area (Å²) in [5.74, 6) is -3.23. The zero-order valence-electron chi connectivity index (χ0n) is 14.6. The van der Waals surface area contributed by atoms with Crippen molar-refractivity contribution in [1.29, 1.82) is 0 Å². The molecule has 0 bridgehead atoms. The third-order valence-corrected chi connectivity index (χ3v) is 4.73. The second kappa shape index (κ2) is 8.55. The molecule has 2 N–H and O–H groups in total. The Kier molecular flexibility index (Phi) is 6.10. The lowest BCUT2D eigenvalue weighted by molar-refractivity contribution is 0.0466. The molecule has 0 fully saturated rings. The van der Waals surface area contributed by atoms with E-state index in [0.717, 1.165) is 6.07 Å². The monoisotopic (exact) mass is 436 g/mol. The van der Waals surface area contributed by atoms with E-state index in [0.29, 0.717) is 5.56 Å². The summed E-state index contributed by atoms with van der Waals surface area (Å²) < 4.78 is 34.4. The fraction of sp³-hybridized carbons (Fsp3) is 0.0500.